The van der Waals surface area contributed by atoms with E-state index < -0.39 is 0 Å². The van der Waals surface area contributed by atoms with E-state index in [0.717, 1.165) is 38.4 Å². The minimum atomic E-state index is -0.203. The van der Waals surface area contributed by atoms with E-state index >= 15 is 0 Å². The van der Waals surface area contributed by atoms with Gasteiger partial charge in [-0.3, -0.25) is 4.90 Å². The highest BCUT2D eigenvalue weighted by Crippen LogP contribution is 2.32. The van der Waals surface area contributed by atoms with Crippen LogP contribution in [-0.4, -0.2) is 27.5 Å². The van der Waals surface area contributed by atoms with Crippen LogP contribution in [0, 0.1) is 11.7 Å². The minimum absolute atomic E-state index is 0.203. The molecule has 0 amide bonds. The number of nitrogens with zero attached hydrogens (tertiary/aromatic N) is 3. The van der Waals surface area contributed by atoms with Crippen LogP contribution in [0.2, 0.25) is 5.02 Å². The Kier molecular flexibility index (Phi) is 5.09. The van der Waals surface area contributed by atoms with Crippen LogP contribution in [0.1, 0.15) is 49.4 Å². The molecular weight excluding hydrogens is 337 g/mol. The van der Waals surface area contributed by atoms with Crippen LogP contribution in [0.15, 0.2) is 30.6 Å². The second-order valence-corrected chi connectivity index (χ2v) is 7.89. The molecule has 3 nitrogen and oxygen atoms in total. The number of aromatic nitrogens is 2. The maximum absolute atomic E-state index is 14.0. The van der Waals surface area contributed by atoms with Crippen molar-refractivity contribution in [1.82, 2.24) is 14.5 Å². The number of halogens is 2. The second-order valence-electron chi connectivity index (χ2n) is 7.49. The number of rotatable bonds is 5. The fourth-order valence-corrected chi connectivity index (χ4v) is 4.27. The van der Waals surface area contributed by atoms with E-state index in [-0.39, 0.29) is 5.82 Å². The summed E-state index contributed by atoms with van der Waals surface area (Å²) in [5.41, 5.74) is 0.620. The average molecular weight is 362 g/mol. The largest absolute Gasteiger partial charge is 0.334 e. The summed E-state index contributed by atoms with van der Waals surface area (Å²) in [7, 11) is 0. The van der Waals surface area contributed by atoms with Crippen molar-refractivity contribution in [1.29, 1.82) is 0 Å². The summed E-state index contributed by atoms with van der Waals surface area (Å²) in [6.45, 7) is 3.65. The molecule has 1 saturated heterocycles. The Hall–Kier alpha value is -1.39. The molecule has 0 atom stereocenters. The molecule has 0 radical (unpaired) electrons. The van der Waals surface area contributed by atoms with Crippen LogP contribution in [0.5, 0.6) is 0 Å². The SMILES string of the molecule is Fc1cccc(Cl)c1CN1CCC(c2nccn2CC2CCC2)CC1. The molecular formula is C20H25ClFN3. The topological polar surface area (TPSA) is 21.1 Å². The summed E-state index contributed by atoms with van der Waals surface area (Å²) in [5, 5.41) is 0.526. The van der Waals surface area contributed by atoms with Crippen molar-refractivity contribution in [2.75, 3.05) is 13.1 Å². The summed E-state index contributed by atoms with van der Waals surface area (Å²) in [6, 6.07) is 4.92. The fourth-order valence-electron chi connectivity index (χ4n) is 4.04. The van der Waals surface area contributed by atoms with Crippen LogP contribution in [-0.2, 0) is 13.1 Å². The van der Waals surface area contributed by atoms with Gasteiger partial charge >= 0.3 is 0 Å². The Labute approximate surface area is 153 Å². The van der Waals surface area contributed by atoms with Crippen molar-refractivity contribution in [2.24, 2.45) is 5.92 Å². The fraction of sp³-hybridized carbons (Fsp3) is 0.550. The van der Waals surface area contributed by atoms with Gasteiger partial charge in [-0.2, -0.15) is 0 Å². The summed E-state index contributed by atoms with van der Waals surface area (Å²) in [6.07, 6.45) is 10.3. The Balaban J connectivity index is 1.36. The molecule has 0 bridgehead atoms. The zero-order chi connectivity index (χ0) is 17.2. The molecule has 0 N–H and O–H groups in total. The molecule has 2 aromatic rings. The van der Waals surface area contributed by atoms with Gasteiger partial charge in [0.25, 0.3) is 0 Å². The van der Waals surface area contributed by atoms with Gasteiger partial charge in [0.15, 0.2) is 0 Å². The lowest BCUT2D eigenvalue weighted by Crippen LogP contribution is -2.34. The number of hydrogen-bond donors (Lipinski definition) is 0. The van der Waals surface area contributed by atoms with Crippen LogP contribution in [0.25, 0.3) is 0 Å². The Morgan fingerprint density at radius 2 is 1.96 bits per heavy atom. The highest BCUT2D eigenvalue weighted by molar-refractivity contribution is 6.31. The molecule has 1 aliphatic heterocycles. The zero-order valence-corrected chi connectivity index (χ0v) is 15.3. The van der Waals surface area contributed by atoms with E-state index in [4.69, 9.17) is 11.6 Å². The molecule has 4 rings (SSSR count). The number of imidazole rings is 1. The Bertz CT molecular complexity index is 697. The Morgan fingerprint density at radius 3 is 2.64 bits per heavy atom. The van der Waals surface area contributed by atoms with Gasteiger partial charge in [-0.15, -0.1) is 0 Å². The predicted octanol–water partition coefficient (Wildman–Crippen LogP) is 4.86. The van der Waals surface area contributed by atoms with E-state index in [2.05, 4.69) is 20.6 Å². The molecule has 2 fully saturated rings. The van der Waals surface area contributed by atoms with Gasteiger partial charge in [0.1, 0.15) is 11.6 Å². The second kappa shape index (κ2) is 7.46. The van der Waals surface area contributed by atoms with Gasteiger partial charge in [0.2, 0.25) is 0 Å². The lowest BCUT2D eigenvalue weighted by atomic mass is 9.85. The number of piperidine rings is 1. The molecule has 5 heteroatoms. The smallest absolute Gasteiger partial charge is 0.129 e. The van der Waals surface area contributed by atoms with Crippen LogP contribution < -0.4 is 0 Å². The van der Waals surface area contributed by atoms with Gasteiger partial charge in [-0.25, -0.2) is 9.37 Å². The first kappa shape index (κ1) is 17.0. The Morgan fingerprint density at radius 1 is 1.16 bits per heavy atom. The predicted molar refractivity (Wildman–Crippen MR) is 98.2 cm³/mol. The number of hydrogen-bond acceptors (Lipinski definition) is 2. The van der Waals surface area contributed by atoms with Crippen molar-refractivity contribution in [3.63, 3.8) is 0 Å². The molecule has 2 aliphatic rings. The average Bonchev–Trinajstić information content (AvgIpc) is 3.03. The maximum atomic E-state index is 14.0. The third-order valence-corrected chi connectivity index (χ3v) is 6.18. The third-order valence-electron chi connectivity index (χ3n) is 5.82. The van der Waals surface area contributed by atoms with Crippen LogP contribution in [0.3, 0.4) is 0 Å². The van der Waals surface area contributed by atoms with Crippen molar-refractivity contribution < 1.29 is 4.39 Å². The minimum Gasteiger partial charge on any atom is -0.334 e. The van der Waals surface area contributed by atoms with Gasteiger partial charge in [0.05, 0.1) is 0 Å². The molecule has 0 unspecified atom stereocenters. The summed E-state index contributed by atoms with van der Waals surface area (Å²) < 4.78 is 16.4. The van der Waals surface area contributed by atoms with Gasteiger partial charge in [0, 0.05) is 42.0 Å². The van der Waals surface area contributed by atoms with E-state index in [9.17, 15) is 4.39 Å². The number of benzene rings is 1. The standard InChI is InChI=1S/C20H25ClFN3/c21-18-5-2-6-19(22)17(18)14-24-10-7-16(8-11-24)20-23-9-12-25(20)13-15-3-1-4-15/h2,5-6,9,12,15-16H,1,3-4,7-8,10-11,13-14H2. The molecule has 1 aliphatic carbocycles. The highest BCUT2D eigenvalue weighted by atomic mass is 35.5. The van der Waals surface area contributed by atoms with Gasteiger partial charge < -0.3 is 4.57 Å². The first-order chi connectivity index (χ1) is 12.2. The molecule has 1 aromatic heterocycles. The van der Waals surface area contributed by atoms with Crippen molar-refractivity contribution >= 4 is 11.6 Å². The van der Waals surface area contributed by atoms with E-state index in [1.54, 1.807) is 12.1 Å². The first-order valence-electron chi connectivity index (χ1n) is 9.37. The summed E-state index contributed by atoms with van der Waals surface area (Å²) >= 11 is 6.17. The lowest BCUT2D eigenvalue weighted by Gasteiger charge is -2.33. The molecule has 2 heterocycles. The summed E-state index contributed by atoms with van der Waals surface area (Å²) in [5.74, 6) is 2.40. The molecule has 1 aromatic carbocycles. The molecule has 134 valence electrons. The lowest BCUT2D eigenvalue weighted by molar-refractivity contribution is 0.195. The van der Waals surface area contributed by atoms with E-state index in [1.807, 2.05) is 6.20 Å². The van der Waals surface area contributed by atoms with Crippen molar-refractivity contribution in [3.05, 3.63) is 52.8 Å². The van der Waals surface area contributed by atoms with E-state index in [1.165, 1.54) is 31.2 Å². The van der Waals surface area contributed by atoms with Gasteiger partial charge in [-0.1, -0.05) is 24.1 Å². The highest BCUT2D eigenvalue weighted by Gasteiger charge is 2.26. The summed E-state index contributed by atoms with van der Waals surface area (Å²) in [4.78, 5) is 6.96. The maximum Gasteiger partial charge on any atom is 0.129 e. The number of likely N-dealkylation sites (tertiary alicyclic amines) is 1. The van der Waals surface area contributed by atoms with Crippen molar-refractivity contribution in [3.8, 4) is 0 Å². The molecule has 1 saturated carbocycles. The normalized spacial score (nSPS) is 19.9. The van der Waals surface area contributed by atoms with Gasteiger partial charge in [-0.05, 0) is 56.8 Å². The first-order valence-corrected chi connectivity index (χ1v) is 9.75. The molecule has 0 spiro atoms. The molecule has 25 heavy (non-hydrogen) atoms. The monoisotopic (exact) mass is 361 g/mol. The zero-order valence-electron chi connectivity index (χ0n) is 14.5. The third kappa shape index (κ3) is 3.75. The van der Waals surface area contributed by atoms with Crippen LogP contribution >= 0.6 is 11.6 Å². The van der Waals surface area contributed by atoms with E-state index in [0.29, 0.717) is 23.0 Å². The quantitative estimate of drug-likeness (QED) is 0.758. The van der Waals surface area contributed by atoms with Crippen molar-refractivity contribution in [2.45, 2.75) is 51.1 Å². The van der Waals surface area contributed by atoms with Crippen LogP contribution in [0.4, 0.5) is 4.39 Å².